The fourth-order valence-corrected chi connectivity index (χ4v) is 2.98. The van der Waals surface area contributed by atoms with Gasteiger partial charge in [-0.1, -0.05) is 13.8 Å². The number of nitrogens with zero attached hydrogens (tertiary/aromatic N) is 3. The Hall–Kier alpha value is -0.910. The number of hydrogen-bond donors (Lipinski definition) is 1. The van der Waals surface area contributed by atoms with Gasteiger partial charge in [0.2, 0.25) is 0 Å². The molecule has 0 aliphatic carbocycles. The summed E-state index contributed by atoms with van der Waals surface area (Å²) in [6, 6.07) is 1.10. The van der Waals surface area contributed by atoms with Crippen LogP contribution in [0.3, 0.4) is 0 Å². The molecule has 1 aromatic rings. The van der Waals surface area contributed by atoms with E-state index in [1.165, 1.54) is 5.69 Å². The van der Waals surface area contributed by atoms with Crippen LogP contribution in [0.2, 0.25) is 0 Å². The Morgan fingerprint density at radius 1 is 1.33 bits per heavy atom. The van der Waals surface area contributed by atoms with E-state index < -0.39 is 0 Å². The van der Waals surface area contributed by atoms with E-state index in [4.69, 9.17) is 10.5 Å². The summed E-state index contributed by atoms with van der Waals surface area (Å²) >= 11 is 0. The first kappa shape index (κ1) is 18.1. The Morgan fingerprint density at radius 2 is 2.00 bits per heavy atom. The maximum Gasteiger partial charge on any atom is 0.0951 e. The summed E-state index contributed by atoms with van der Waals surface area (Å²) in [5.41, 5.74) is 7.33. The average Bonchev–Trinajstić information content (AvgIpc) is 2.95. The smallest absolute Gasteiger partial charge is 0.0951 e. The molecule has 0 bridgehead atoms. The lowest BCUT2D eigenvalue weighted by Crippen LogP contribution is -2.43. The van der Waals surface area contributed by atoms with Crippen molar-refractivity contribution in [2.45, 2.75) is 58.7 Å². The number of hydrogen-bond acceptors (Lipinski definition) is 4. The van der Waals surface area contributed by atoms with E-state index in [2.05, 4.69) is 42.1 Å². The minimum Gasteiger partial charge on any atom is -0.383 e. The predicted octanol–water partition coefficient (Wildman–Crippen LogP) is 2.60. The molecule has 0 radical (unpaired) electrons. The highest BCUT2D eigenvalue weighted by atomic mass is 16.5. The van der Waals surface area contributed by atoms with Gasteiger partial charge < -0.3 is 15.0 Å². The molecule has 0 aliphatic rings. The topological polar surface area (TPSA) is 56.3 Å². The SMILES string of the molecule is CCC(CC)N(CCOC)C(CN)c1cncn1C(C)C. The lowest BCUT2D eigenvalue weighted by Gasteiger charge is -2.37. The van der Waals surface area contributed by atoms with Crippen molar-refractivity contribution >= 4 is 0 Å². The van der Waals surface area contributed by atoms with Gasteiger partial charge in [-0.3, -0.25) is 4.90 Å². The molecule has 0 saturated carbocycles. The molecule has 21 heavy (non-hydrogen) atoms. The molecular weight excluding hydrogens is 264 g/mol. The Labute approximate surface area is 129 Å². The van der Waals surface area contributed by atoms with Crippen LogP contribution in [-0.4, -0.2) is 47.3 Å². The molecule has 1 atom stereocenters. The van der Waals surface area contributed by atoms with E-state index in [-0.39, 0.29) is 6.04 Å². The van der Waals surface area contributed by atoms with Gasteiger partial charge in [0, 0.05) is 38.5 Å². The van der Waals surface area contributed by atoms with Gasteiger partial charge in [0.25, 0.3) is 0 Å². The Balaban J connectivity index is 3.07. The van der Waals surface area contributed by atoms with Crippen LogP contribution in [0.5, 0.6) is 0 Å². The summed E-state index contributed by atoms with van der Waals surface area (Å²) in [5.74, 6) is 0. The van der Waals surface area contributed by atoms with Gasteiger partial charge in [0.15, 0.2) is 0 Å². The van der Waals surface area contributed by atoms with Crippen molar-refractivity contribution in [3.05, 3.63) is 18.2 Å². The zero-order valence-electron chi connectivity index (χ0n) is 14.2. The normalized spacial score (nSPS) is 13.6. The van der Waals surface area contributed by atoms with E-state index in [0.29, 0.717) is 18.6 Å². The summed E-state index contributed by atoms with van der Waals surface area (Å²) in [7, 11) is 1.75. The first-order valence-corrected chi connectivity index (χ1v) is 8.07. The van der Waals surface area contributed by atoms with E-state index in [9.17, 15) is 0 Å². The number of nitrogens with two attached hydrogens (primary N) is 1. The largest absolute Gasteiger partial charge is 0.383 e. The molecule has 0 saturated heterocycles. The number of imidazole rings is 1. The van der Waals surface area contributed by atoms with Gasteiger partial charge in [0.1, 0.15) is 0 Å². The quantitative estimate of drug-likeness (QED) is 0.721. The molecule has 0 amide bonds. The van der Waals surface area contributed by atoms with Crippen LogP contribution in [0.25, 0.3) is 0 Å². The van der Waals surface area contributed by atoms with Crippen LogP contribution in [0.4, 0.5) is 0 Å². The monoisotopic (exact) mass is 296 g/mol. The molecule has 122 valence electrons. The van der Waals surface area contributed by atoms with Crippen LogP contribution in [0.15, 0.2) is 12.5 Å². The molecule has 5 heteroatoms. The molecule has 0 spiro atoms. The first-order chi connectivity index (χ1) is 10.1. The maximum absolute atomic E-state index is 6.13. The summed E-state index contributed by atoms with van der Waals surface area (Å²) in [6.07, 6.45) is 6.10. The van der Waals surface area contributed by atoms with Gasteiger partial charge in [-0.25, -0.2) is 4.98 Å². The molecule has 0 aliphatic heterocycles. The van der Waals surface area contributed by atoms with E-state index in [0.717, 1.165) is 26.0 Å². The first-order valence-electron chi connectivity index (χ1n) is 8.07. The summed E-state index contributed by atoms with van der Waals surface area (Å²) < 4.78 is 7.52. The fourth-order valence-electron chi connectivity index (χ4n) is 2.98. The van der Waals surface area contributed by atoms with Crippen LogP contribution in [-0.2, 0) is 4.74 Å². The van der Waals surface area contributed by atoms with Gasteiger partial charge in [-0.2, -0.15) is 0 Å². The molecule has 1 unspecified atom stereocenters. The Morgan fingerprint density at radius 3 is 2.48 bits per heavy atom. The molecular formula is C16H32N4O. The van der Waals surface area contributed by atoms with Crippen molar-refractivity contribution in [1.29, 1.82) is 0 Å². The van der Waals surface area contributed by atoms with Crippen LogP contribution in [0.1, 0.15) is 58.3 Å². The van der Waals surface area contributed by atoms with E-state index in [1.54, 1.807) is 7.11 Å². The zero-order valence-corrected chi connectivity index (χ0v) is 14.2. The second kappa shape index (κ2) is 9.18. The molecule has 2 N–H and O–H groups in total. The molecule has 0 fully saturated rings. The molecule has 0 aromatic carbocycles. The second-order valence-corrected chi connectivity index (χ2v) is 5.77. The van der Waals surface area contributed by atoms with Crippen LogP contribution in [0, 0.1) is 0 Å². The van der Waals surface area contributed by atoms with Crippen molar-refractivity contribution in [3.8, 4) is 0 Å². The highest BCUT2D eigenvalue weighted by Crippen LogP contribution is 2.26. The van der Waals surface area contributed by atoms with Crippen LogP contribution >= 0.6 is 0 Å². The van der Waals surface area contributed by atoms with Gasteiger partial charge in [-0.05, 0) is 26.7 Å². The highest BCUT2D eigenvalue weighted by molar-refractivity contribution is 5.08. The third-order valence-corrected chi connectivity index (χ3v) is 4.18. The lowest BCUT2D eigenvalue weighted by molar-refractivity contribution is 0.0784. The van der Waals surface area contributed by atoms with E-state index in [1.807, 2.05) is 12.5 Å². The highest BCUT2D eigenvalue weighted by Gasteiger charge is 2.27. The van der Waals surface area contributed by atoms with E-state index >= 15 is 0 Å². The molecule has 1 rings (SSSR count). The van der Waals surface area contributed by atoms with Crippen molar-refractivity contribution in [2.75, 3.05) is 26.8 Å². The summed E-state index contributed by atoms with van der Waals surface area (Å²) in [6.45, 7) is 11.0. The van der Waals surface area contributed by atoms with Crippen molar-refractivity contribution < 1.29 is 4.74 Å². The standard InChI is InChI=1S/C16H32N4O/c1-6-14(7-2)19(8-9-21-5)15(10-17)16-11-18-12-20(16)13(3)4/h11-15H,6-10,17H2,1-5H3. The number of methoxy groups -OCH3 is 1. The van der Waals surface area contributed by atoms with Gasteiger partial charge in [-0.15, -0.1) is 0 Å². The third kappa shape index (κ3) is 4.53. The molecule has 1 aromatic heterocycles. The minimum atomic E-state index is 0.190. The fraction of sp³-hybridized carbons (Fsp3) is 0.812. The molecule has 5 nitrogen and oxygen atoms in total. The van der Waals surface area contributed by atoms with Crippen molar-refractivity contribution in [2.24, 2.45) is 5.73 Å². The number of rotatable bonds is 10. The minimum absolute atomic E-state index is 0.190. The second-order valence-electron chi connectivity index (χ2n) is 5.77. The summed E-state index contributed by atoms with van der Waals surface area (Å²) in [5, 5.41) is 0. The van der Waals surface area contributed by atoms with Gasteiger partial charge >= 0.3 is 0 Å². The maximum atomic E-state index is 6.13. The van der Waals surface area contributed by atoms with Gasteiger partial charge in [0.05, 0.1) is 24.7 Å². The Kier molecular flexibility index (Phi) is 7.93. The van der Waals surface area contributed by atoms with Crippen molar-refractivity contribution in [3.63, 3.8) is 0 Å². The van der Waals surface area contributed by atoms with Crippen molar-refractivity contribution in [1.82, 2.24) is 14.5 Å². The van der Waals surface area contributed by atoms with Crippen LogP contribution < -0.4 is 5.73 Å². The lowest BCUT2D eigenvalue weighted by atomic mass is 10.0. The average molecular weight is 296 g/mol. The number of aromatic nitrogens is 2. The predicted molar refractivity (Wildman–Crippen MR) is 87.4 cm³/mol. The number of ether oxygens (including phenoxy) is 1. The molecule has 1 heterocycles. The zero-order chi connectivity index (χ0) is 15.8. The summed E-state index contributed by atoms with van der Waals surface area (Å²) in [4.78, 5) is 6.82. The Bertz CT molecular complexity index is 387. The third-order valence-electron chi connectivity index (χ3n) is 4.18.